The molecule has 0 bridgehead atoms. The summed E-state index contributed by atoms with van der Waals surface area (Å²) < 4.78 is 4.48. The van der Waals surface area contributed by atoms with E-state index in [0.29, 0.717) is 12.0 Å². The predicted octanol–water partition coefficient (Wildman–Crippen LogP) is 1.71. The zero-order chi connectivity index (χ0) is 14.1. The van der Waals surface area contributed by atoms with Crippen LogP contribution in [0.4, 0.5) is 0 Å². The maximum Gasteiger partial charge on any atom is 0.330 e. The van der Waals surface area contributed by atoms with Crippen LogP contribution < -0.4 is 5.32 Å². The molecule has 1 rings (SSSR count). The van der Waals surface area contributed by atoms with E-state index in [2.05, 4.69) is 15.0 Å². The van der Waals surface area contributed by atoms with E-state index in [4.69, 9.17) is 0 Å². The largest absolute Gasteiger partial charge is 0.466 e. The number of pyridine rings is 1. The van der Waals surface area contributed by atoms with Crippen molar-refractivity contribution < 1.29 is 14.3 Å². The highest BCUT2D eigenvalue weighted by Crippen LogP contribution is 2.01. The Labute approximate surface area is 112 Å². The smallest absolute Gasteiger partial charge is 0.330 e. The van der Waals surface area contributed by atoms with Crippen molar-refractivity contribution in [1.82, 2.24) is 10.3 Å². The number of amides is 1. The predicted molar refractivity (Wildman–Crippen MR) is 71.6 cm³/mol. The van der Waals surface area contributed by atoms with Crippen molar-refractivity contribution >= 4 is 11.9 Å². The van der Waals surface area contributed by atoms with Crippen molar-refractivity contribution in [3.8, 4) is 0 Å². The number of hydrogen-bond donors (Lipinski definition) is 1. The molecule has 0 fully saturated rings. The summed E-state index contributed by atoms with van der Waals surface area (Å²) in [5, 5.41) is 2.87. The van der Waals surface area contributed by atoms with Gasteiger partial charge in [0.1, 0.15) is 0 Å². The number of hydrogen-bond acceptors (Lipinski definition) is 4. The molecule has 0 aliphatic rings. The van der Waals surface area contributed by atoms with Gasteiger partial charge in [-0.2, -0.15) is 0 Å². The maximum atomic E-state index is 11.8. The standard InChI is InChI=1S/C14H18N2O3/c1-11(6-3-4-8-13(17)19-2)16-14(18)12-7-5-9-15-10-12/h4-5,7-11H,3,6H2,1-2H3,(H,16,18)/b8-4+/t11-/m1/s1. The van der Waals surface area contributed by atoms with Gasteiger partial charge in [0.15, 0.2) is 0 Å². The van der Waals surface area contributed by atoms with Crippen molar-refractivity contribution in [3.05, 3.63) is 42.2 Å². The number of nitrogens with zero attached hydrogens (tertiary/aromatic N) is 1. The molecule has 0 aliphatic carbocycles. The molecule has 1 aromatic heterocycles. The van der Waals surface area contributed by atoms with Crippen LogP contribution in [0.3, 0.4) is 0 Å². The Morgan fingerprint density at radius 1 is 1.53 bits per heavy atom. The SMILES string of the molecule is COC(=O)/C=C/CC[C@@H](C)NC(=O)c1cccnc1. The Kier molecular flexibility index (Phi) is 6.29. The maximum absolute atomic E-state index is 11.8. The molecule has 1 aromatic rings. The molecule has 19 heavy (non-hydrogen) atoms. The number of ether oxygens (including phenoxy) is 1. The van der Waals surface area contributed by atoms with Crippen LogP contribution in [0, 0.1) is 0 Å². The van der Waals surface area contributed by atoms with Gasteiger partial charge >= 0.3 is 5.97 Å². The lowest BCUT2D eigenvalue weighted by Gasteiger charge is -2.12. The third kappa shape index (κ3) is 5.81. The molecule has 0 saturated carbocycles. The molecule has 0 aliphatic heterocycles. The van der Waals surface area contributed by atoms with E-state index in [1.54, 1.807) is 24.4 Å². The number of methoxy groups -OCH3 is 1. The van der Waals surface area contributed by atoms with Crippen LogP contribution >= 0.6 is 0 Å². The van der Waals surface area contributed by atoms with E-state index in [9.17, 15) is 9.59 Å². The number of esters is 1. The Balaban J connectivity index is 2.32. The van der Waals surface area contributed by atoms with Gasteiger partial charge in [0.2, 0.25) is 0 Å². The van der Waals surface area contributed by atoms with Crippen LogP contribution in [-0.2, 0) is 9.53 Å². The first-order valence-electron chi connectivity index (χ1n) is 6.09. The highest BCUT2D eigenvalue weighted by atomic mass is 16.5. The van der Waals surface area contributed by atoms with Gasteiger partial charge in [-0.25, -0.2) is 4.79 Å². The Bertz CT molecular complexity index is 443. The molecule has 0 unspecified atom stereocenters. The van der Waals surface area contributed by atoms with Crippen molar-refractivity contribution in [2.75, 3.05) is 7.11 Å². The molecule has 0 saturated heterocycles. The molecule has 0 spiro atoms. The molecule has 102 valence electrons. The van der Waals surface area contributed by atoms with Crippen molar-refractivity contribution in [2.24, 2.45) is 0 Å². The summed E-state index contributed by atoms with van der Waals surface area (Å²) in [7, 11) is 1.34. The number of aromatic nitrogens is 1. The molecule has 0 radical (unpaired) electrons. The van der Waals surface area contributed by atoms with Gasteiger partial charge in [-0.1, -0.05) is 6.08 Å². The fourth-order valence-electron chi connectivity index (χ4n) is 1.47. The van der Waals surface area contributed by atoms with Gasteiger partial charge in [-0.3, -0.25) is 9.78 Å². The first-order valence-corrected chi connectivity index (χ1v) is 6.09. The first kappa shape index (κ1) is 14.9. The lowest BCUT2D eigenvalue weighted by molar-refractivity contribution is -0.134. The minimum Gasteiger partial charge on any atom is -0.466 e. The van der Waals surface area contributed by atoms with E-state index >= 15 is 0 Å². The van der Waals surface area contributed by atoms with Crippen molar-refractivity contribution in [3.63, 3.8) is 0 Å². The summed E-state index contributed by atoms with van der Waals surface area (Å²) in [6.07, 6.45) is 7.72. The average molecular weight is 262 g/mol. The lowest BCUT2D eigenvalue weighted by atomic mass is 10.1. The minimum atomic E-state index is -0.368. The zero-order valence-electron chi connectivity index (χ0n) is 11.1. The number of nitrogens with one attached hydrogen (secondary N) is 1. The quantitative estimate of drug-likeness (QED) is 0.626. The molecule has 1 atom stereocenters. The van der Waals surface area contributed by atoms with Crippen molar-refractivity contribution in [2.45, 2.75) is 25.8 Å². The number of rotatable bonds is 6. The first-order chi connectivity index (χ1) is 9.13. The van der Waals surface area contributed by atoms with Gasteiger partial charge in [0, 0.05) is 24.5 Å². The minimum absolute atomic E-state index is 0.0232. The summed E-state index contributed by atoms with van der Waals surface area (Å²) in [6, 6.07) is 3.46. The summed E-state index contributed by atoms with van der Waals surface area (Å²) in [5.74, 6) is -0.510. The molecule has 5 heteroatoms. The van der Waals surface area contributed by atoms with E-state index < -0.39 is 0 Å². The van der Waals surface area contributed by atoms with E-state index in [0.717, 1.165) is 6.42 Å². The Morgan fingerprint density at radius 3 is 2.95 bits per heavy atom. The van der Waals surface area contributed by atoms with Crippen molar-refractivity contribution in [1.29, 1.82) is 0 Å². The number of allylic oxidation sites excluding steroid dienone is 1. The second-order valence-electron chi connectivity index (χ2n) is 4.12. The molecular weight excluding hydrogens is 244 g/mol. The fraction of sp³-hybridized carbons (Fsp3) is 0.357. The van der Waals surface area contributed by atoms with Gasteiger partial charge in [0.05, 0.1) is 12.7 Å². The summed E-state index contributed by atoms with van der Waals surface area (Å²) in [6.45, 7) is 1.92. The Hall–Kier alpha value is -2.17. The van der Waals surface area contributed by atoms with E-state index in [1.165, 1.54) is 19.4 Å². The van der Waals surface area contributed by atoms with Crippen LogP contribution in [-0.4, -0.2) is 30.0 Å². The second-order valence-corrected chi connectivity index (χ2v) is 4.12. The molecule has 5 nitrogen and oxygen atoms in total. The van der Waals surface area contributed by atoms with Crippen LogP contribution in [0.5, 0.6) is 0 Å². The Morgan fingerprint density at radius 2 is 2.32 bits per heavy atom. The second kappa shape index (κ2) is 8.02. The van der Waals surface area contributed by atoms with Gasteiger partial charge in [0.25, 0.3) is 5.91 Å². The molecule has 1 amide bonds. The molecule has 1 heterocycles. The highest BCUT2D eigenvalue weighted by Gasteiger charge is 2.08. The molecule has 1 N–H and O–H groups in total. The number of carbonyl (C=O) groups is 2. The third-order valence-electron chi connectivity index (χ3n) is 2.52. The lowest BCUT2D eigenvalue weighted by Crippen LogP contribution is -2.32. The van der Waals surface area contributed by atoms with Crippen LogP contribution in [0.1, 0.15) is 30.1 Å². The number of carbonyl (C=O) groups excluding carboxylic acids is 2. The van der Waals surface area contributed by atoms with Crippen LogP contribution in [0.15, 0.2) is 36.7 Å². The summed E-state index contributed by atoms with van der Waals surface area (Å²) in [4.78, 5) is 26.5. The van der Waals surface area contributed by atoms with Gasteiger partial charge < -0.3 is 10.1 Å². The normalized spacial score (nSPS) is 12.1. The highest BCUT2D eigenvalue weighted by molar-refractivity contribution is 5.93. The average Bonchev–Trinajstić information content (AvgIpc) is 2.44. The molecular formula is C14H18N2O3. The van der Waals surface area contributed by atoms with Crippen LogP contribution in [0.2, 0.25) is 0 Å². The van der Waals surface area contributed by atoms with Gasteiger partial charge in [-0.05, 0) is 31.9 Å². The topological polar surface area (TPSA) is 68.3 Å². The fourth-order valence-corrected chi connectivity index (χ4v) is 1.47. The summed E-state index contributed by atoms with van der Waals surface area (Å²) in [5.41, 5.74) is 0.541. The van der Waals surface area contributed by atoms with E-state index in [1.807, 2.05) is 6.92 Å². The van der Waals surface area contributed by atoms with E-state index in [-0.39, 0.29) is 17.9 Å². The molecule has 0 aromatic carbocycles. The monoisotopic (exact) mass is 262 g/mol. The summed E-state index contributed by atoms with van der Waals surface area (Å²) >= 11 is 0. The van der Waals surface area contributed by atoms with Crippen LogP contribution in [0.25, 0.3) is 0 Å². The zero-order valence-corrected chi connectivity index (χ0v) is 11.1. The van der Waals surface area contributed by atoms with Gasteiger partial charge in [-0.15, -0.1) is 0 Å². The third-order valence-corrected chi connectivity index (χ3v) is 2.52.